The van der Waals surface area contributed by atoms with E-state index < -0.39 is 6.10 Å². The number of ether oxygens (including phenoxy) is 1. The molecule has 3 aromatic rings. The van der Waals surface area contributed by atoms with E-state index in [1.807, 2.05) is 56.3 Å². The molecule has 9 heteroatoms. The Morgan fingerprint density at radius 3 is 2.61 bits per heavy atom. The highest BCUT2D eigenvalue weighted by Crippen LogP contribution is 2.33. The van der Waals surface area contributed by atoms with Crippen molar-refractivity contribution in [3.8, 4) is 5.75 Å². The molecule has 1 saturated carbocycles. The molecule has 4 amide bonds. The number of likely N-dealkylation sites (N-methyl/N-ethyl adjacent to an activating group) is 1. The van der Waals surface area contributed by atoms with Gasteiger partial charge in [-0.05, 0) is 49.4 Å². The minimum atomic E-state index is -0.441. The van der Waals surface area contributed by atoms with Gasteiger partial charge in [-0.1, -0.05) is 43.3 Å². The zero-order valence-corrected chi connectivity index (χ0v) is 23.8. The lowest BCUT2D eigenvalue weighted by Crippen LogP contribution is -2.48. The summed E-state index contributed by atoms with van der Waals surface area (Å²) in [5.74, 6) is 0.305. The lowest BCUT2D eigenvalue weighted by Gasteiger charge is -2.34. The normalized spacial score (nSPS) is 19.7. The van der Waals surface area contributed by atoms with Gasteiger partial charge in [0.15, 0.2) is 0 Å². The highest BCUT2D eigenvalue weighted by atomic mass is 16.5. The number of aliphatic hydroxyl groups excluding tert-OH is 1. The van der Waals surface area contributed by atoms with E-state index in [-0.39, 0.29) is 55.3 Å². The molecule has 2 aliphatic rings. The molecule has 9 nitrogen and oxygen atoms in total. The summed E-state index contributed by atoms with van der Waals surface area (Å²) in [7, 11) is 1.72. The van der Waals surface area contributed by atoms with Crippen LogP contribution in [-0.2, 0) is 16.0 Å². The molecule has 0 radical (unpaired) electrons. The lowest BCUT2D eigenvalue weighted by atomic mass is 10.0. The Morgan fingerprint density at radius 2 is 1.85 bits per heavy atom. The molecule has 0 spiro atoms. The van der Waals surface area contributed by atoms with Crippen LogP contribution >= 0.6 is 0 Å². The van der Waals surface area contributed by atoms with Gasteiger partial charge in [0, 0.05) is 42.1 Å². The number of amides is 4. The van der Waals surface area contributed by atoms with Gasteiger partial charge >= 0.3 is 6.03 Å². The van der Waals surface area contributed by atoms with Gasteiger partial charge in [0.2, 0.25) is 11.8 Å². The first kappa shape index (κ1) is 28.4. The minimum Gasteiger partial charge on any atom is -0.488 e. The Balaban J connectivity index is 1.38. The van der Waals surface area contributed by atoms with Crippen LogP contribution in [-0.4, -0.2) is 71.6 Å². The molecule has 3 N–H and O–H groups in total. The van der Waals surface area contributed by atoms with Crippen LogP contribution in [0.2, 0.25) is 0 Å². The molecule has 41 heavy (non-hydrogen) atoms. The molecule has 0 saturated heterocycles. The topological polar surface area (TPSA) is 111 Å². The standard InChI is InChI=1S/C32H38N4O5/c1-20-17-36(21(2)19-37)30(38)16-24-15-25(33-31(39)23-11-12-23)13-14-28(24)41-29(20)18-35(3)32(40)34-27-10-6-8-22-7-4-5-9-26(22)27/h4-10,13-15,20-21,23,29,37H,11-12,16-19H2,1-3H3,(H,33,39)(H,34,40)/t20-,21-,29-/m0/s1. The highest BCUT2D eigenvalue weighted by molar-refractivity contribution is 6.01. The van der Waals surface area contributed by atoms with Crippen LogP contribution < -0.4 is 15.4 Å². The number of rotatable bonds is 7. The summed E-state index contributed by atoms with van der Waals surface area (Å²) >= 11 is 0. The second kappa shape index (κ2) is 12.2. The number of hydrogen-bond acceptors (Lipinski definition) is 5. The van der Waals surface area contributed by atoms with E-state index in [1.54, 1.807) is 35.0 Å². The van der Waals surface area contributed by atoms with Gasteiger partial charge in [-0.15, -0.1) is 0 Å². The van der Waals surface area contributed by atoms with Crippen molar-refractivity contribution in [2.75, 3.05) is 37.4 Å². The zero-order chi connectivity index (χ0) is 29.1. The molecule has 1 fully saturated rings. The average molecular weight is 559 g/mol. The van der Waals surface area contributed by atoms with Gasteiger partial charge in [-0.2, -0.15) is 0 Å². The molecule has 3 atom stereocenters. The first-order chi connectivity index (χ1) is 19.7. The minimum absolute atomic E-state index is 0.0129. The van der Waals surface area contributed by atoms with Gasteiger partial charge in [0.1, 0.15) is 11.9 Å². The van der Waals surface area contributed by atoms with E-state index in [0.29, 0.717) is 23.5 Å². The summed E-state index contributed by atoms with van der Waals surface area (Å²) in [6.07, 6.45) is 1.42. The summed E-state index contributed by atoms with van der Waals surface area (Å²) in [5, 5.41) is 17.8. The molecular weight excluding hydrogens is 520 g/mol. The smallest absolute Gasteiger partial charge is 0.321 e. The predicted molar refractivity (Wildman–Crippen MR) is 159 cm³/mol. The second-order valence-corrected chi connectivity index (χ2v) is 11.3. The fourth-order valence-corrected chi connectivity index (χ4v) is 5.21. The molecular formula is C32H38N4O5. The number of nitrogens with one attached hydrogen (secondary N) is 2. The van der Waals surface area contributed by atoms with Gasteiger partial charge < -0.3 is 30.3 Å². The summed E-state index contributed by atoms with van der Waals surface area (Å²) in [4.78, 5) is 42.4. The fraction of sp³-hybridized carbons (Fsp3) is 0.406. The first-order valence-corrected chi connectivity index (χ1v) is 14.2. The molecule has 0 bridgehead atoms. The van der Waals surface area contributed by atoms with E-state index in [0.717, 1.165) is 29.3 Å². The monoisotopic (exact) mass is 558 g/mol. The number of anilines is 2. The summed E-state index contributed by atoms with van der Waals surface area (Å²) < 4.78 is 6.52. The third kappa shape index (κ3) is 6.62. The van der Waals surface area contributed by atoms with E-state index in [4.69, 9.17) is 4.74 Å². The summed E-state index contributed by atoms with van der Waals surface area (Å²) in [5.41, 5.74) is 2.00. The van der Waals surface area contributed by atoms with Crippen LogP contribution in [0.15, 0.2) is 60.7 Å². The van der Waals surface area contributed by atoms with Crippen molar-refractivity contribution < 1.29 is 24.2 Å². The van der Waals surface area contributed by atoms with Crippen LogP contribution in [0.3, 0.4) is 0 Å². The van der Waals surface area contributed by atoms with Gasteiger partial charge in [-0.3, -0.25) is 9.59 Å². The maximum Gasteiger partial charge on any atom is 0.321 e. The first-order valence-electron chi connectivity index (χ1n) is 14.2. The summed E-state index contributed by atoms with van der Waals surface area (Å²) in [6.45, 7) is 4.27. The molecule has 5 rings (SSSR count). The molecule has 0 unspecified atom stereocenters. The predicted octanol–water partition coefficient (Wildman–Crippen LogP) is 4.50. The van der Waals surface area contributed by atoms with Crippen LogP contribution in [0.5, 0.6) is 5.75 Å². The number of aliphatic hydroxyl groups is 1. The molecule has 1 heterocycles. The Bertz CT molecular complexity index is 1430. The number of urea groups is 1. The maximum atomic E-state index is 13.4. The van der Waals surface area contributed by atoms with Crippen molar-refractivity contribution in [2.45, 2.75) is 45.3 Å². The van der Waals surface area contributed by atoms with Crippen molar-refractivity contribution >= 4 is 40.0 Å². The van der Waals surface area contributed by atoms with Crippen LogP contribution in [0, 0.1) is 11.8 Å². The summed E-state index contributed by atoms with van der Waals surface area (Å²) in [6, 6.07) is 18.4. The maximum absolute atomic E-state index is 13.4. The number of carbonyl (C=O) groups is 3. The number of nitrogens with zero attached hydrogens (tertiary/aromatic N) is 2. The Labute approximate surface area is 240 Å². The van der Waals surface area contributed by atoms with E-state index >= 15 is 0 Å². The average Bonchev–Trinajstić information content (AvgIpc) is 3.81. The SMILES string of the molecule is C[C@H]1CN([C@@H](C)CO)C(=O)Cc2cc(NC(=O)C3CC3)ccc2O[C@H]1CN(C)C(=O)Nc1cccc2ccccc12. The van der Waals surface area contributed by atoms with E-state index in [9.17, 15) is 19.5 Å². The second-order valence-electron chi connectivity index (χ2n) is 11.3. The van der Waals surface area contributed by atoms with Crippen molar-refractivity contribution in [1.82, 2.24) is 9.80 Å². The Hall–Kier alpha value is -4.11. The third-order valence-corrected chi connectivity index (χ3v) is 7.96. The molecule has 1 aliphatic carbocycles. The molecule has 216 valence electrons. The van der Waals surface area contributed by atoms with Crippen molar-refractivity contribution in [2.24, 2.45) is 11.8 Å². The van der Waals surface area contributed by atoms with Gasteiger partial charge in [0.25, 0.3) is 0 Å². The Morgan fingerprint density at radius 1 is 1.10 bits per heavy atom. The highest BCUT2D eigenvalue weighted by Gasteiger charge is 2.33. The van der Waals surface area contributed by atoms with Gasteiger partial charge in [0.05, 0.1) is 31.3 Å². The van der Waals surface area contributed by atoms with Crippen molar-refractivity contribution in [3.05, 3.63) is 66.2 Å². The third-order valence-electron chi connectivity index (χ3n) is 7.96. The fourth-order valence-electron chi connectivity index (χ4n) is 5.21. The quantitative estimate of drug-likeness (QED) is 0.396. The van der Waals surface area contributed by atoms with E-state index in [2.05, 4.69) is 10.6 Å². The molecule has 0 aromatic heterocycles. The number of carbonyl (C=O) groups excluding carboxylic acids is 3. The number of fused-ring (bicyclic) bond motifs is 2. The Kier molecular flexibility index (Phi) is 8.44. The number of hydrogen-bond donors (Lipinski definition) is 3. The number of benzene rings is 3. The zero-order valence-electron chi connectivity index (χ0n) is 23.8. The molecule has 1 aliphatic heterocycles. The van der Waals surface area contributed by atoms with Gasteiger partial charge in [-0.25, -0.2) is 4.79 Å². The van der Waals surface area contributed by atoms with Crippen molar-refractivity contribution in [1.29, 1.82) is 0 Å². The largest absolute Gasteiger partial charge is 0.488 e. The van der Waals surface area contributed by atoms with E-state index in [1.165, 1.54) is 0 Å². The lowest BCUT2D eigenvalue weighted by molar-refractivity contribution is -0.134. The molecule has 3 aromatic carbocycles. The van der Waals surface area contributed by atoms with Crippen molar-refractivity contribution in [3.63, 3.8) is 0 Å². The van der Waals surface area contributed by atoms with Crippen LogP contribution in [0.25, 0.3) is 10.8 Å². The van der Waals surface area contributed by atoms with Crippen LogP contribution in [0.4, 0.5) is 16.2 Å². The van der Waals surface area contributed by atoms with Crippen LogP contribution in [0.1, 0.15) is 32.3 Å².